The highest BCUT2D eigenvalue weighted by Gasteiger charge is 2.31. The SMILES string of the molecule is CCCC(C)(NCC(C)CC)C(=O)O. The Morgan fingerprint density at radius 3 is 2.43 bits per heavy atom. The van der Waals surface area contributed by atoms with Crippen LogP contribution in [0, 0.1) is 5.92 Å². The zero-order valence-corrected chi connectivity index (χ0v) is 9.76. The number of hydrogen-bond donors (Lipinski definition) is 2. The lowest BCUT2D eigenvalue weighted by molar-refractivity contribution is -0.144. The molecule has 0 saturated heterocycles. The van der Waals surface area contributed by atoms with Crippen LogP contribution in [-0.2, 0) is 4.79 Å². The second-order valence-corrected chi connectivity index (χ2v) is 4.28. The van der Waals surface area contributed by atoms with E-state index in [4.69, 9.17) is 5.11 Å². The van der Waals surface area contributed by atoms with Crippen LogP contribution in [0.25, 0.3) is 0 Å². The van der Waals surface area contributed by atoms with Crippen LogP contribution in [0.2, 0.25) is 0 Å². The fraction of sp³-hybridized carbons (Fsp3) is 0.909. The molecular weight excluding hydrogens is 178 g/mol. The van der Waals surface area contributed by atoms with E-state index in [1.807, 2.05) is 6.92 Å². The maximum atomic E-state index is 11.0. The van der Waals surface area contributed by atoms with Crippen LogP contribution in [0.4, 0.5) is 0 Å². The average Bonchev–Trinajstić information content (AvgIpc) is 2.14. The van der Waals surface area contributed by atoms with Crippen LogP contribution in [0.3, 0.4) is 0 Å². The molecule has 3 nitrogen and oxygen atoms in total. The molecule has 0 aromatic rings. The van der Waals surface area contributed by atoms with Gasteiger partial charge in [0.2, 0.25) is 0 Å². The molecule has 2 N–H and O–H groups in total. The van der Waals surface area contributed by atoms with E-state index < -0.39 is 11.5 Å². The number of rotatable bonds is 7. The summed E-state index contributed by atoms with van der Waals surface area (Å²) in [5.41, 5.74) is -0.752. The van der Waals surface area contributed by atoms with Gasteiger partial charge in [-0.25, -0.2) is 0 Å². The average molecular weight is 201 g/mol. The van der Waals surface area contributed by atoms with Gasteiger partial charge in [-0.3, -0.25) is 4.79 Å². The third kappa shape index (κ3) is 4.09. The molecule has 2 unspecified atom stereocenters. The fourth-order valence-corrected chi connectivity index (χ4v) is 1.31. The van der Waals surface area contributed by atoms with Crippen LogP contribution >= 0.6 is 0 Å². The topological polar surface area (TPSA) is 49.3 Å². The highest BCUT2D eigenvalue weighted by molar-refractivity contribution is 5.78. The maximum Gasteiger partial charge on any atom is 0.323 e. The molecule has 0 rings (SSSR count). The summed E-state index contributed by atoms with van der Waals surface area (Å²) in [6, 6.07) is 0. The molecule has 3 heteroatoms. The molecule has 0 saturated carbocycles. The number of carboxylic acids is 1. The van der Waals surface area contributed by atoms with Crippen molar-refractivity contribution in [1.82, 2.24) is 5.32 Å². The Kier molecular flexibility index (Phi) is 5.77. The van der Waals surface area contributed by atoms with E-state index in [2.05, 4.69) is 19.2 Å². The summed E-state index contributed by atoms with van der Waals surface area (Å²) in [6.07, 6.45) is 2.64. The predicted octanol–water partition coefficient (Wildman–Crippen LogP) is 2.27. The third-order valence-corrected chi connectivity index (χ3v) is 2.76. The molecule has 0 amide bonds. The molecule has 0 heterocycles. The summed E-state index contributed by atoms with van der Waals surface area (Å²) < 4.78 is 0. The van der Waals surface area contributed by atoms with Crippen molar-refractivity contribution in [3.05, 3.63) is 0 Å². The summed E-state index contributed by atoms with van der Waals surface area (Å²) in [5, 5.41) is 12.2. The van der Waals surface area contributed by atoms with Gasteiger partial charge in [-0.15, -0.1) is 0 Å². The standard InChI is InChI=1S/C11H23NO2/c1-5-7-11(4,10(13)14)12-8-9(3)6-2/h9,12H,5-8H2,1-4H3,(H,13,14). The van der Waals surface area contributed by atoms with E-state index in [1.165, 1.54) is 0 Å². The lowest BCUT2D eigenvalue weighted by Crippen LogP contribution is -2.50. The summed E-state index contributed by atoms with van der Waals surface area (Å²) >= 11 is 0. The van der Waals surface area contributed by atoms with E-state index in [1.54, 1.807) is 6.92 Å². The number of nitrogens with one attached hydrogen (secondary N) is 1. The molecule has 2 atom stereocenters. The Hall–Kier alpha value is -0.570. The summed E-state index contributed by atoms with van der Waals surface area (Å²) in [4.78, 5) is 11.0. The van der Waals surface area contributed by atoms with Crippen molar-refractivity contribution in [2.75, 3.05) is 6.54 Å². The van der Waals surface area contributed by atoms with Crippen molar-refractivity contribution >= 4 is 5.97 Å². The van der Waals surface area contributed by atoms with E-state index in [0.29, 0.717) is 12.3 Å². The lowest BCUT2D eigenvalue weighted by atomic mass is 9.95. The normalized spacial score (nSPS) is 17.4. The van der Waals surface area contributed by atoms with Crippen LogP contribution in [0.5, 0.6) is 0 Å². The first-order valence-corrected chi connectivity index (χ1v) is 5.44. The van der Waals surface area contributed by atoms with Gasteiger partial charge in [0.15, 0.2) is 0 Å². The summed E-state index contributed by atoms with van der Waals surface area (Å²) in [6.45, 7) is 8.79. The van der Waals surface area contributed by atoms with Crippen molar-refractivity contribution in [1.29, 1.82) is 0 Å². The van der Waals surface area contributed by atoms with Crippen LogP contribution in [0.1, 0.15) is 47.0 Å². The molecule has 84 valence electrons. The Bertz CT molecular complexity index is 182. The Morgan fingerprint density at radius 1 is 1.50 bits per heavy atom. The number of carbonyl (C=O) groups is 1. The van der Waals surface area contributed by atoms with Gasteiger partial charge in [0.1, 0.15) is 5.54 Å². The number of hydrogen-bond acceptors (Lipinski definition) is 2. The second kappa shape index (κ2) is 6.02. The summed E-state index contributed by atoms with van der Waals surface area (Å²) in [7, 11) is 0. The maximum absolute atomic E-state index is 11.0. The Balaban J connectivity index is 4.16. The zero-order chi connectivity index (χ0) is 11.2. The first kappa shape index (κ1) is 13.4. The molecule has 0 aromatic heterocycles. The molecule has 0 radical (unpaired) electrons. The highest BCUT2D eigenvalue weighted by Crippen LogP contribution is 2.13. The monoisotopic (exact) mass is 201 g/mol. The molecule has 0 aliphatic heterocycles. The number of aliphatic carboxylic acids is 1. The minimum absolute atomic E-state index is 0.533. The number of carboxylic acid groups (broad SMARTS) is 1. The van der Waals surface area contributed by atoms with Crippen molar-refractivity contribution in [2.45, 2.75) is 52.5 Å². The lowest BCUT2D eigenvalue weighted by Gasteiger charge is -2.27. The van der Waals surface area contributed by atoms with Gasteiger partial charge in [0, 0.05) is 0 Å². The van der Waals surface area contributed by atoms with E-state index in [9.17, 15) is 4.79 Å². The third-order valence-electron chi connectivity index (χ3n) is 2.76. The van der Waals surface area contributed by atoms with Gasteiger partial charge < -0.3 is 10.4 Å². The van der Waals surface area contributed by atoms with Crippen molar-refractivity contribution in [3.8, 4) is 0 Å². The van der Waals surface area contributed by atoms with Gasteiger partial charge in [0.05, 0.1) is 0 Å². The van der Waals surface area contributed by atoms with Crippen molar-refractivity contribution in [2.24, 2.45) is 5.92 Å². The minimum atomic E-state index is -0.752. The van der Waals surface area contributed by atoms with Gasteiger partial charge in [-0.05, 0) is 25.8 Å². The van der Waals surface area contributed by atoms with Gasteiger partial charge in [-0.2, -0.15) is 0 Å². The van der Waals surface area contributed by atoms with E-state index in [-0.39, 0.29) is 0 Å². The summed E-state index contributed by atoms with van der Waals surface area (Å²) in [5.74, 6) is -0.215. The molecule has 0 fully saturated rings. The molecule has 0 aliphatic carbocycles. The van der Waals surface area contributed by atoms with Crippen LogP contribution in [0.15, 0.2) is 0 Å². The van der Waals surface area contributed by atoms with Crippen LogP contribution < -0.4 is 5.32 Å². The smallest absolute Gasteiger partial charge is 0.323 e. The van der Waals surface area contributed by atoms with Gasteiger partial charge in [-0.1, -0.05) is 33.6 Å². The van der Waals surface area contributed by atoms with E-state index in [0.717, 1.165) is 19.4 Å². The Morgan fingerprint density at radius 2 is 2.07 bits per heavy atom. The first-order chi connectivity index (χ1) is 6.46. The highest BCUT2D eigenvalue weighted by atomic mass is 16.4. The van der Waals surface area contributed by atoms with Crippen molar-refractivity contribution < 1.29 is 9.90 Å². The quantitative estimate of drug-likeness (QED) is 0.664. The zero-order valence-electron chi connectivity index (χ0n) is 9.76. The molecule has 0 aromatic carbocycles. The largest absolute Gasteiger partial charge is 0.480 e. The fourth-order valence-electron chi connectivity index (χ4n) is 1.31. The first-order valence-electron chi connectivity index (χ1n) is 5.44. The van der Waals surface area contributed by atoms with Gasteiger partial charge >= 0.3 is 5.97 Å². The molecular formula is C11H23NO2. The molecule has 0 bridgehead atoms. The Labute approximate surface area is 86.9 Å². The molecule has 14 heavy (non-hydrogen) atoms. The predicted molar refractivity (Wildman–Crippen MR) is 58.4 cm³/mol. The van der Waals surface area contributed by atoms with Gasteiger partial charge in [0.25, 0.3) is 0 Å². The molecule has 0 aliphatic rings. The molecule has 0 spiro atoms. The van der Waals surface area contributed by atoms with Crippen LogP contribution in [-0.4, -0.2) is 23.2 Å². The minimum Gasteiger partial charge on any atom is -0.480 e. The second-order valence-electron chi connectivity index (χ2n) is 4.28. The van der Waals surface area contributed by atoms with Crippen molar-refractivity contribution in [3.63, 3.8) is 0 Å². The van der Waals surface area contributed by atoms with E-state index >= 15 is 0 Å².